The summed E-state index contributed by atoms with van der Waals surface area (Å²) in [5.74, 6) is -0.506. The molecule has 2 amide bonds. The van der Waals surface area contributed by atoms with E-state index in [0.29, 0.717) is 29.3 Å². The van der Waals surface area contributed by atoms with Crippen LogP contribution in [0.3, 0.4) is 0 Å². The van der Waals surface area contributed by atoms with E-state index < -0.39 is 0 Å². The van der Waals surface area contributed by atoms with Crippen LogP contribution in [0.25, 0.3) is 11.1 Å². The van der Waals surface area contributed by atoms with Crippen LogP contribution >= 0.6 is 0 Å². The predicted octanol–water partition coefficient (Wildman–Crippen LogP) is 5.28. The Balaban J connectivity index is 1.72. The average molecular weight is 557 g/mol. The van der Waals surface area contributed by atoms with Crippen LogP contribution in [0.4, 0.5) is 11.4 Å². The first-order valence-corrected chi connectivity index (χ1v) is 14.3. The quantitative estimate of drug-likeness (QED) is 0.295. The minimum atomic E-state index is -0.275. The van der Waals surface area contributed by atoms with Gasteiger partial charge in [0.25, 0.3) is 11.5 Å². The number of rotatable bonds is 10. The fourth-order valence-electron chi connectivity index (χ4n) is 5.52. The van der Waals surface area contributed by atoms with Gasteiger partial charge in [0.15, 0.2) is 0 Å². The zero-order valence-corrected chi connectivity index (χ0v) is 24.4. The SMILES string of the molecule is C=CC(=O)Nc1ccc(-c2cc(C(=O)NCc3c(CC)cc(C)[nH]c3=O)c(C)c(N(CC)C3CCOCC3)c2)cc1. The Hall–Kier alpha value is -4.17. The van der Waals surface area contributed by atoms with Crippen molar-refractivity contribution >= 4 is 23.2 Å². The molecule has 2 heterocycles. The summed E-state index contributed by atoms with van der Waals surface area (Å²) >= 11 is 0. The van der Waals surface area contributed by atoms with Crippen LogP contribution in [0.1, 0.15) is 59.4 Å². The van der Waals surface area contributed by atoms with Gasteiger partial charge in [0.1, 0.15) is 0 Å². The second kappa shape index (κ2) is 13.5. The minimum Gasteiger partial charge on any atom is -0.381 e. The molecule has 3 N–H and O–H groups in total. The number of aryl methyl sites for hydroxylation is 2. The first kappa shape index (κ1) is 29.8. The number of hydrogen-bond donors (Lipinski definition) is 3. The molecular formula is C33H40N4O4. The monoisotopic (exact) mass is 556 g/mol. The number of H-pyrrole nitrogens is 1. The molecule has 41 heavy (non-hydrogen) atoms. The van der Waals surface area contributed by atoms with Crippen molar-refractivity contribution in [1.29, 1.82) is 0 Å². The van der Waals surface area contributed by atoms with Gasteiger partial charge in [0, 0.05) is 60.5 Å². The third-order valence-corrected chi connectivity index (χ3v) is 7.75. The molecule has 0 unspecified atom stereocenters. The zero-order valence-electron chi connectivity index (χ0n) is 24.4. The van der Waals surface area contributed by atoms with Crippen molar-refractivity contribution in [2.75, 3.05) is 30.0 Å². The van der Waals surface area contributed by atoms with Crippen LogP contribution in [0, 0.1) is 13.8 Å². The first-order valence-electron chi connectivity index (χ1n) is 14.3. The van der Waals surface area contributed by atoms with Gasteiger partial charge < -0.3 is 25.3 Å². The van der Waals surface area contributed by atoms with E-state index in [1.807, 2.05) is 57.2 Å². The van der Waals surface area contributed by atoms with E-state index >= 15 is 0 Å². The van der Waals surface area contributed by atoms with Gasteiger partial charge in [-0.15, -0.1) is 0 Å². The number of carbonyl (C=O) groups excluding carboxylic acids is 2. The van der Waals surface area contributed by atoms with Crippen LogP contribution < -0.4 is 21.1 Å². The van der Waals surface area contributed by atoms with E-state index in [4.69, 9.17) is 4.74 Å². The molecule has 0 saturated carbocycles. The molecule has 1 fully saturated rings. The zero-order chi connectivity index (χ0) is 29.5. The number of amides is 2. The molecule has 1 aliphatic rings. The summed E-state index contributed by atoms with van der Waals surface area (Å²) in [5, 5.41) is 5.79. The number of anilines is 2. The summed E-state index contributed by atoms with van der Waals surface area (Å²) < 4.78 is 5.62. The number of pyridine rings is 1. The fourth-order valence-corrected chi connectivity index (χ4v) is 5.52. The van der Waals surface area contributed by atoms with Crippen LogP contribution in [0.5, 0.6) is 0 Å². The molecule has 1 saturated heterocycles. The molecule has 3 aromatic rings. The van der Waals surface area contributed by atoms with Crippen molar-refractivity contribution in [3.05, 3.63) is 93.4 Å². The molecule has 0 bridgehead atoms. The molecule has 0 radical (unpaired) electrons. The van der Waals surface area contributed by atoms with Crippen molar-refractivity contribution in [2.45, 2.75) is 59.5 Å². The largest absolute Gasteiger partial charge is 0.381 e. The average Bonchev–Trinajstić information content (AvgIpc) is 2.98. The maximum absolute atomic E-state index is 13.7. The Bertz CT molecular complexity index is 1470. The molecule has 2 aromatic carbocycles. The lowest BCUT2D eigenvalue weighted by molar-refractivity contribution is -0.111. The highest BCUT2D eigenvalue weighted by Crippen LogP contribution is 2.34. The maximum atomic E-state index is 13.7. The van der Waals surface area contributed by atoms with Crippen molar-refractivity contribution in [3.8, 4) is 11.1 Å². The molecule has 4 rings (SSSR count). The third kappa shape index (κ3) is 6.95. The first-order chi connectivity index (χ1) is 19.7. The van der Waals surface area contributed by atoms with Crippen molar-refractivity contribution in [3.63, 3.8) is 0 Å². The number of nitrogens with one attached hydrogen (secondary N) is 3. The lowest BCUT2D eigenvalue weighted by Gasteiger charge is -2.37. The summed E-state index contributed by atoms with van der Waals surface area (Å²) in [5.41, 5.74) is 7.08. The Morgan fingerprint density at radius 1 is 1.07 bits per heavy atom. The van der Waals surface area contributed by atoms with Gasteiger partial charge in [0.05, 0.1) is 0 Å². The topological polar surface area (TPSA) is 104 Å². The van der Waals surface area contributed by atoms with E-state index in [0.717, 1.165) is 66.2 Å². The number of hydrogen-bond acceptors (Lipinski definition) is 5. The van der Waals surface area contributed by atoms with Gasteiger partial charge in [-0.1, -0.05) is 25.6 Å². The van der Waals surface area contributed by atoms with Gasteiger partial charge in [0.2, 0.25) is 5.91 Å². The number of benzene rings is 2. The fraction of sp³-hybridized carbons (Fsp3) is 0.364. The maximum Gasteiger partial charge on any atom is 0.253 e. The van der Waals surface area contributed by atoms with Gasteiger partial charge in [-0.25, -0.2) is 0 Å². The molecule has 8 heteroatoms. The Kier molecular flexibility index (Phi) is 9.78. The number of carbonyl (C=O) groups is 2. The predicted molar refractivity (Wildman–Crippen MR) is 165 cm³/mol. The standard InChI is InChI=1S/C33H40N4O4/c1-6-23-17-21(4)35-33(40)29(23)20-34-32(39)28-18-25(24-9-11-26(12-10-24)36-31(38)7-2)19-30(22(28)5)37(8-3)27-13-15-41-16-14-27/h7,9-12,17-19,27H,2,6,8,13-16,20H2,1,3-5H3,(H,34,39)(H,35,40)(H,36,38). The van der Waals surface area contributed by atoms with E-state index in [1.165, 1.54) is 6.08 Å². The molecule has 0 spiro atoms. The summed E-state index contributed by atoms with van der Waals surface area (Å²) in [6.45, 7) is 13.9. The summed E-state index contributed by atoms with van der Waals surface area (Å²) in [4.78, 5) is 43.4. The van der Waals surface area contributed by atoms with E-state index in [9.17, 15) is 14.4 Å². The van der Waals surface area contributed by atoms with Crippen molar-refractivity contribution in [1.82, 2.24) is 10.3 Å². The van der Waals surface area contributed by atoms with Gasteiger partial charge >= 0.3 is 0 Å². The minimum absolute atomic E-state index is 0.145. The Labute approximate surface area is 241 Å². The molecule has 1 aliphatic heterocycles. The highest BCUT2D eigenvalue weighted by atomic mass is 16.5. The van der Waals surface area contributed by atoms with Crippen LogP contribution in [0.2, 0.25) is 0 Å². The number of nitrogens with zero attached hydrogens (tertiary/aromatic N) is 1. The van der Waals surface area contributed by atoms with Crippen LogP contribution in [-0.2, 0) is 22.5 Å². The Morgan fingerprint density at radius 3 is 2.41 bits per heavy atom. The van der Waals surface area contributed by atoms with Crippen LogP contribution in [0.15, 0.2) is 59.9 Å². The molecule has 1 aromatic heterocycles. The van der Waals surface area contributed by atoms with Crippen LogP contribution in [-0.4, -0.2) is 42.6 Å². The van der Waals surface area contributed by atoms with E-state index in [2.05, 4.69) is 40.1 Å². The van der Waals surface area contributed by atoms with Crippen molar-refractivity contribution in [2.24, 2.45) is 0 Å². The van der Waals surface area contributed by atoms with Gasteiger partial charge in [-0.3, -0.25) is 14.4 Å². The smallest absolute Gasteiger partial charge is 0.253 e. The lowest BCUT2D eigenvalue weighted by atomic mass is 9.95. The Morgan fingerprint density at radius 2 is 1.78 bits per heavy atom. The van der Waals surface area contributed by atoms with Gasteiger partial charge in [-0.2, -0.15) is 0 Å². The second-order valence-electron chi connectivity index (χ2n) is 10.4. The summed E-state index contributed by atoms with van der Waals surface area (Å²) in [6.07, 6.45) is 3.78. The normalized spacial score (nSPS) is 13.5. The number of aromatic nitrogens is 1. The summed E-state index contributed by atoms with van der Waals surface area (Å²) in [7, 11) is 0. The van der Waals surface area contributed by atoms with Crippen molar-refractivity contribution < 1.29 is 14.3 Å². The van der Waals surface area contributed by atoms with E-state index in [-0.39, 0.29) is 23.9 Å². The lowest BCUT2D eigenvalue weighted by Crippen LogP contribution is -2.40. The van der Waals surface area contributed by atoms with Gasteiger partial charge in [-0.05, 0) is 98.7 Å². The molecule has 216 valence electrons. The molecule has 8 nitrogen and oxygen atoms in total. The third-order valence-electron chi connectivity index (χ3n) is 7.75. The van der Waals surface area contributed by atoms with E-state index in [1.54, 1.807) is 0 Å². The highest BCUT2D eigenvalue weighted by Gasteiger charge is 2.25. The molecule has 0 aliphatic carbocycles. The number of ether oxygens (including phenoxy) is 1. The second-order valence-corrected chi connectivity index (χ2v) is 10.4. The molecule has 0 atom stereocenters. The highest BCUT2D eigenvalue weighted by molar-refractivity contribution is 6.00. The number of aromatic amines is 1. The summed E-state index contributed by atoms with van der Waals surface area (Å²) in [6, 6.07) is 13.8. The molecular weight excluding hydrogens is 516 g/mol.